The smallest absolute Gasteiger partial charge is 0.0916 e. The summed E-state index contributed by atoms with van der Waals surface area (Å²) in [5.41, 5.74) is 2.18. The van der Waals surface area contributed by atoms with Crippen molar-refractivity contribution in [2.24, 2.45) is 5.41 Å². The highest BCUT2D eigenvalue weighted by Gasteiger charge is 2.31. The Kier molecular flexibility index (Phi) is 4.61. The topological polar surface area (TPSA) is 43.7 Å². The number of aryl methyl sites for hydroxylation is 1. The summed E-state index contributed by atoms with van der Waals surface area (Å²) in [6.45, 7) is 6.93. The van der Waals surface area contributed by atoms with Crippen LogP contribution in [-0.4, -0.2) is 41.4 Å². The number of hydrogen-bond acceptors (Lipinski definition) is 3. The van der Waals surface area contributed by atoms with Gasteiger partial charge in [0.1, 0.15) is 0 Å². The van der Waals surface area contributed by atoms with Crippen LogP contribution in [0.5, 0.6) is 0 Å². The molecule has 0 bridgehead atoms. The van der Waals surface area contributed by atoms with Crippen LogP contribution in [0, 0.1) is 12.3 Å². The van der Waals surface area contributed by atoms with Crippen LogP contribution >= 0.6 is 0 Å². The standard InChI is InChI=1S/C16H25NO2/c1-13-4-6-14(7-5-13)15(19)10-17-9-3-8-16(2,11-17)12-18/h4-7,15,18-19H,3,8-12H2,1-2H3. The van der Waals surface area contributed by atoms with Crippen molar-refractivity contribution < 1.29 is 10.2 Å². The summed E-state index contributed by atoms with van der Waals surface area (Å²) < 4.78 is 0. The van der Waals surface area contributed by atoms with Gasteiger partial charge in [0.2, 0.25) is 0 Å². The van der Waals surface area contributed by atoms with Gasteiger partial charge in [-0.15, -0.1) is 0 Å². The van der Waals surface area contributed by atoms with Gasteiger partial charge in [-0.05, 0) is 31.9 Å². The lowest BCUT2D eigenvalue weighted by Gasteiger charge is -2.40. The maximum absolute atomic E-state index is 10.3. The second-order valence-corrected chi connectivity index (χ2v) is 6.23. The molecule has 1 aromatic rings. The molecule has 2 rings (SSSR count). The van der Waals surface area contributed by atoms with Crippen molar-refractivity contribution in [2.45, 2.75) is 32.8 Å². The highest BCUT2D eigenvalue weighted by Crippen LogP contribution is 2.29. The molecule has 0 spiro atoms. The Bertz CT molecular complexity index is 404. The van der Waals surface area contributed by atoms with E-state index in [9.17, 15) is 10.2 Å². The molecule has 1 fully saturated rings. The number of aliphatic hydroxyl groups excluding tert-OH is 2. The second-order valence-electron chi connectivity index (χ2n) is 6.23. The third kappa shape index (κ3) is 3.78. The van der Waals surface area contributed by atoms with Gasteiger partial charge in [0.15, 0.2) is 0 Å². The molecule has 1 aliphatic rings. The molecule has 2 unspecified atom stereocenters. The first-order chi connectivity index (χ1) is 9.02. The predicted molar refractivity (Wildman–Crippen MR) is 77.0 cm³/mol. The number of hydrogen-bond donors (Lipinski definition) is 2. The maximum atomic E-state index is 10.3. The zero-order valence-electron chi connectivity index (χ0n) is 12.0. The van der Waals surface area contributed by atoms with E-state index in [-0.39, 0.29) is 12.0 Å². The highest BCUT2D eigenvalue weighted by atomic mass is 16.3. The third-order valence-electron chi connectivity index (χ3n) is 4.13. The number of likely N-dealkylation sites (tertiary alicyclic amines) is 1. The number of β-amino-alcohol motifs (C(OH)–C–C–N with tert-alkyl or cyclic N) is 1. The third-order valence-corrected chi connectivity index (χ3v) is 4.13. The summed E-state index contributed by atoms with van der Waals surface area (Å²) in [6.07, 6.45) is 1.72. The van der Waals surface area contributed by atoms with Crippen molar-refractivity contribution in [1.29, 1.82) is 0 Å². The number of benzene rings is 1. The predicted octanol–water partition coefficient (Wildman–Crippen LogP) is 2.12. The first-order valence-electron chi connectivity index (χ1n) is 7.10. The molecule has 1 aromatic carbocycles. The van der Waals surface area contributed by atoms with Crippen LogP contribution in [0.3, 0.4) is 0 Å². The Hall–Kier alpha value is -0.900. The van der Waals surface area contributed by atoms with Crippen LogP contribution in [-0.2, 0) is 0 Å². The minimum atomic E-state index is -0.443. The molecule has 1 heterocycles. The number of nitrogens with zero attached hydrogens (tertiary/aromatic N) is 1. The van der Waals surface area contributed by atoms with Crippen LogP contribution in [0.15, 0.2) is 24.3 Å². The number of aliphatic hydroxyl groups is 2. The molecule has 3 nitrogen and oxygen atoms in total. The van der Waals surface area contributed by atoms with E-state index in [1.54, 1.807) is 0 Å². The molecule has 0 aromatic heterocycles. The fourth-order valence-electron chi connectivity index (χ4n) is 2.85. The van der Waals surface area contributed by atoms with E-state index in [4.69, 9.17) is 0 Å². The summed E-state index contributed by atoms with van der Waals surface area (Å²) in [5, 5.41) is 19.8. The molecule has 1 saturated heterocycles. The minimum Gasteiger partial charge on any atom is -0.396 e. The molecule has 2 atom stereocenters. The molecule has 1 aliphatic heterocycles. The number of piperidine rings is 1. The first-order valence-corrected chi connectivity index (χ1v) is 7.10. The van der Waals surface area contributed by atoms with Crippen molar-refractivity contribution in [3.8, 4) is 0 Å². The zero-order chi connectivity index (χ0) is 13.9. The van der Waals surface area contributed by atoms with Gasteiger partial charge in [0.05, 0.1) is 6.10 Å². The fraction of sp³-hybridized carbons (Fsp3) is 0.625. The first kappa shape index (κ1) is 14.5. The van der Waals surface area contributed by atoms with E-state index < -0.39 is 6.10 Å². The molecular formula is C16H25NO2. The Morgan fingerprint density at radius 1 is 1.32 bits per heavy atom. The molecule has 0 saturated carbocycles. The van der Waals surface area contributed by atoms with Crippen molar-refractivity contribution in [3.05, 3.63) is 35.4 Å². The summed E-state index contributed by atoms with van der Waals surface area (Å²) in [5.74, 6) is 0. The van der Waals surface area contributed by atoms with Gasteiger partial charge in [0.25, 0.3) is 0 Å². The van der Waals surface area contributed by atoms with Crippen LogP contribution in [0.1, 0.15) is 37.0 Å². The lowest BCUT2D eigenvalue weighted by molar-refractivity contribution is 0.0210. The molecule has 0 amide bonds. The number of rotatable bonds is 4. The average molecular weight is 263 g/mol. The Balaban J connectivity index is 1.95. The van der Waals surface area contributed by atoms with Crippen molar-refractivity contribution in [2.75, 3.05) is 26.2 Å². The molecule has 3 heteroatoms. The lowest BCUT2D eigenvalue weighted by atomic mass is 9.82. The summed E-state index contributed by atoms with van der Waals surface area (Å²) in [6, 6.07) is 8.06. The van der Waals surface area contributed by atoms with Crippen LogP contribution in [0.4, 0.5) is 0 Å². The van der Waals surface area contributed by atoms with Gasteiger partial charge in [-0.1, -0.05) is 36.8 Å². The molecule has 2 N–H and O–H groups in total. The molecule has 0 radical (unpaired) electrons. The summed E-state index contributed by atoms with van der Waals surface area (Å²) >= 11 is 0. The van der Waals surface area contributed by atoms with Gasteiger partial charge in [0, 0.05) is 25.1 Å². The van der Waals surface area contributed by atoms with Crippen LogP contribution in [0.2, 0.25) is 0 Å². The van der Waals surface area contributed by atoms with Crippen molar-refractivity contribution in [1.82, 2.24) is 4.90 Å². The SMILES string of the molecule is Cc1ccc(C(O)CN2CCCC(C)(CO)C2)cc1. The molecule has 106 valence electrons. The van der Waals surface area contributed by atoms with Gasteiger partial charge in [-0.2, -0.15) is 0 Å². The zero-order valence-corrected chi connectivity index (χ0v) is 12.0. The maximum Gasteiger partial charge on any atom is 0.0916 e. The monoisotopic (exact) mass is 263 g/mol. The van der Waals surface area contributed by atoms with E-state index in [1.165, 1.54) is 5.56 Å². The summed E-state index contributed by atoms with van der Waals surface area (Å²) in [7, 11) is 0. The van der Waals surface area contributed by atoms with Crippen LogP contribution in [0.25, 0.3) is 0 Å². The Morgan fingerprint density at radius 3 is 2.63 bits per heavy atom. The highest BCUT2D eigenvalue weighted by molar-refractivity contribution is 5.23. The van der Waals surface area contributed by atoms with Crippen molar-refractivity contribution in [3.63, 3.8) is 0 Å². The van der Waals surface area contributed by atoms with Crippen LogP contribution < -0.4 is 0 Å². The lowest BCUT2D eigenvalue weighted by Crippen LogP contribution is -2.45. The van der Waals surface area contributed by atoms with E-state index in [0.29, 0.717) is 6.54 Å². The minimum absolute atomic E-state index is 0.00868. The van der Waals surface area contributed by atoms with E-state index in [1.807, 2.05) is 31.2 Å². The van der Waals surface area contributed by atoms with Gasteiger partial charge >= 0.3 is 0 Å². The average Bonchev–Trinajstić information content (AvgIpc) is 2.39. The van der Waals surface area contributed by atoms with Gasteiger partial charge in [-0.3, -0.25) is 4.90 Å². The van der Waals surface area contributed by atoms with E-state index >= 15 is 0 Å². The van der Waals surface area contributed by atoms with E-state index in [0.717, 1.165) is 31.5 Å². The van der Waals surface area contributed by atoms with E-state index in [2.05, 4.69) is 11.8 Å². The fourth-order valence-corrected chi connectivity index (χ4v) is 2.85. The molecular weight excluding hydrogens is 238 g/mol. The van der Waals surface area contributed by atoms with Gasteiger partial charge < -0.3 is 10.2 Å². The quantitative estimate of drug-likeness (QED) is 0.874. The van der Waals surface area contributed by atoms with Gasteiger partial charge in [-0.25, -0.2) is 0 Å². The Morgan fingerprint density at radius 2 is 2.00 bits per heavy atom. The Labute approximate surface area is 115 Å². The summed E-state index contributed by atoms with van der Waals surface area (Å²) in [4.78, 5) is 2.27. The molecule has 0 aliphatic carbocycles. The largest absolute Gasteiger partial charge is 0.396 e. The van der Waals surface area contributed by atoms with Crippen molar-refractivity contribution >= 4 is 0 Å². The second kappa shape index (κ2) is 6.04. The normalized spacial score (nSPS) is 26.3. The molecule has 19 heavy (non-hydrogen) atoms.